The van der Waals surface area contributed by atoms with Gasteiger partial charge >= 0.3 is 0 Å². The van der Waals surface area contributed by atoms with Gasteiger partial charge in [-0.25, -0.2) is 4.39 Å². The molecule has 2 N–H and O–H groups in total. The van der Waals surface area contributed by atoms with Gasteiger partial charge in [0, 0.05) is 12.2 Å². The van der Waals surface area contributed by atoms with Gasteiger partial charge in [-0.1, -0.05) is 11.6 Å². The van der Waals surface area contributed by atoms with Crippen molar-refractivity contribution in [3.05, 3.63) is 41.7 Å². The van der Waals surface area contributed by atoms with Crippen molar-refractivity contribution >= 4 is 23.0 Å². The molecule has 0 saturated carbocycles. The maximum Gasteiger partial charge on any atom is 0.171 e. The molecule has 0 fully saturated rings. The van der Waals surface area contributed by atoms with Gasteiger partial charge in [0.15, 0.2) is 5.11 Å². The first-order valence-electron chi connectivity index (χ1n) is 5.01. The van der Waals surface area contributed by atoms with E-state index in [1.54, 1.807) is 12.1 Å². The highest BCUT2D eigenvalue weighted by molar-refractivity contribution is 7.80. The Morgan fingerprint density at radius 1 is 1.31 bits per heavy atom. The van der Waals surface area contributed by atoms with Gasteiger partial charge in [0.25, 0.3) is 0 Å². The lowest BCUT2D eigenvalue weighted by molar-refractivity contribution is 0.628. The summed E-state index contributed by atoms with van der Waals surface area (Å²) in [6.45, 7) is 4.74. The minimum atomic E-state index is -0.256. The molecule has 2 nitrogen and oxygen atoms in total. The van der Waals surface area contributed by atoms with Gasteiger partial charge in [-0.15, -0.1) is 0 Å². The van der Waals surface area contributed by atoms with Crippen LogP contribution in [0.25, 0.3) is 0 Å². The van der Waals surface area contributed by atoms with Crippen LogP contribution >= 0.6 is 12.2 Å². The summed E-state index contributed by atoms with van der Waals surface area (Å²) in [6.07, 6.45) is 2.04. The molecule has 1 aromatic rings. The first kappa shape index (κ1) is 12.6. The number of anilines is 1. The van der Waals surface area contributed by atoms with E-state index in [-0.39, 0.29) is 5.82 Å². The van der Waals surface area contributed by atoms with E-state index in [1.807, 2.05) is 19.9 Å². The maximum atomic E-state index is 12.6. The molecule has 0 unspecified atom stereocenters. The van der Waals surface area contributed by atoms with Crippen LogP contribution in [0.15, 0.2) is 35.9 Å². The average molecular weight is 238 g/mol. The van der Waals surface area contributed by atoms with Crippen molar-refractivity contribution in [2.45, 2.75) is 13.8 Å². The highest BCUT2D eigenvalue weighted by Crippen LogP contribution is 2.07. The molecule has 0 radical (unpaired) electrons. The van der Waals surface area contributed by atoms with Crippen LogP contribution in [0.4, 0.5) is 10.1 Å². The van der Waals surface area contributed by atoms with Crippen molar-refractivity contribution in [1.82, 2.24) is 5.32 Å². The molecule has 16 heavy (non-hydrogen) atoms. The number of halogens is 1. The van der Waals surface area contributed by atoms with E-state index in [0.717, 1.165) is 5.69 Å². The number of hydrogen-bond donors (Lipinski definition) is 2. The summed E-state index contributed by atoms with van der Waals surface area (Å²) in [6, 6.07) is 6.07. The van der Waals surface area contributed by atoms with Crippen LogP contribution in [0, 0.1) is 5.82 Å². The molecule has 86 valence electrons. The lowest BCUT2D eigenvalue weighted by atomic mass is 10.3. The second-order valence-electron chi connectivity index (χ2n) is 3.62. The Morgan fingerprint density at radius 2 is 1.94 bits per heavy atom. The van der Waals surface area contributed by atoms with Gasteiger partial charge in [0.1, 0.15) is 5.82 Å². The molecule has 0 aliphatic carbocycles. The number of nitrogens with one attached hydrogen (secondary N) is 2. The zero-order valence-electron chi connectivity index (χ0n) is 9.38. The Kier molecular flexibility index (Phi) is 4.92. The van der Waals surface area contributed by atoms with Crippen molar-refractivity contribution in [1.29, 1.82) is 0 Å². The molecule has 0 heterocycles. The Morgan fingerprint density at radius 3 is 2.50 bits per heavy atom. The molecule has 0 bridgehead atoms. The van der Waals surface area contributed by atoms with Gasteiger partial charge < -0.3 is 10.6 Å². The third-order valence-electron chi connectivity index (χ3n) is 1.88. The van der Waals surface area contributed by atoms with Crippen LogP contribution < -0.4 is 10.6 Å². The number of benzene rings is 1. The van der Waals surface area contributed by atoms with Gasteiger partial charge in [0.05, 0.1) is 0 Å². The fourth-order valence-corrected chi connectivity index (χ4v) is 1.26. The molecule has 1 aromatic carbocycles. The van der Waals surface area contributed by atoms with Crippen LogP contribution in [0.5, 0.6) is 0 Å². The molecule has 0 saturated heterocycles. The third kappa shape index (κ3) is 4.89. The zero-order chi connectivity index (χ0) is 12.0. The number of allylic oxidation sites excluding steroid dienone is 1. The lowest BCUT2D eigenvalue weighted by Gasteiger charge is -2.08. The smallest absolute Gasteiger partial charge is 0.171 e. The second kappa shape index (κ2) is 6.23. The monoisotopic (exact) mass is 238 g/mol. The Balaban J connectivity index is 2.40. The quantitative estimate of drug-likeness (QED) is 0.625. The summed E-state index contributed by atoms with van der Waals surface area (Å²) < 4.78 is 12.6. The highest BCUT2D eigenvalue weighted by Gasteiger charge is 1.96. The van der Waals surface area contributed by atoms with Gasteiger partial charge in [-0.2, -0.15) is 0 Å². The maximum absolute atomic E-state index is 12.6. The van der Waals surface area contributed by atoms with Gasteiger partial charge in [0.2, 0.25) is 0 Å². The third-order valence-corrected chi connectivity index (χ3v) is 2.12. The molecule has 0 atom stereocenters. The van der Waals surface area contributed by atoms with E-state index in [4.69, 9.17) is 12.2 Å². The van der Waals surface area contributed by atoms with Crippen LogP contribution in [0.1, 0.15) is 13.8 Å². The first-order chi connectivity index (χ1) is 7.58. The molecule has 0 aromatic heterocycles. The Hall–Kier alpha value is -1.42. The first-order valence-corrected chi connectivity index (χ1v) is 5.42. The number of hydrogen-bond acceptors (Lipinski definition) is 1. The van der Waals surface area contributed by atoms with Crippen LogP contribution in [0.2, 0.25) is 0 Å². The van der Waals surface area contributed by atoms with E-state index < -0.39 is 0 Å². The Bertz CT molecular complexity index is 381. The zero-order valence-corrected chi connectivity index (χ0v) is 10.2. The minimum absolute atomic E-state index is 0.256. The number of thiocarbonyl (C=S) groups is 1. The molecule has 4 heteroatoms. The Labute approximate surface area is 101 Å². The summed E-state index contributed by atoms with van der Waals surface area (Å²) in [7, 11) is 0. The molecule has 0 spiro atoms. The van der Waals surface area contributed by atoms with E-state index in [9.17, 15) is 4.39 Å². The van der Waals surface area contributed by atoms with E-state index in [0.29, 0.717) is 11.7 Å². The molecular weight excluding hydrogens is 223 g/mol. The molecule has 0 aliphatic rings. The van der Waals surface area contributed by atoms with E-state index >= 15 is 0 Å². The van der Waals surface area contributed by atoms with Gasteiger partial charge in [-0.05, 0) is 50.3 Å². The summed E-state index contributed by atoms with van der Waals surface area (Å²) in [5.41, 5.74) is 2.01. The largest absolute Gasteiger partial charge is 0.359 e. The number of rotatable bonds is 3. The van der Waals surface area contributed by atoms with E-state index in [1.165, 1.54) is 17.7 Å². The molecule has 1 rings (SSSR count). The SMILES string of the molecule is CC(C)=CCNC(=S)Nc1ccc(F)cc1. The fourth-order valence-electron chi connectivity index (χ4n) is 1.06. The van der Waals surface area contributed by atoms with Crippen molar-refractivity contribution in [3.63, 3.8) is 0 Å². The normalized spacial score (nSPS) is 9.44. The minimum Gasteiger partial charge on any atom is -0.359 e. The summed E-state index contributed by atoms with van der Waals surface area (Å²) in [5, 5.41) is 6.53. The summed E-state index contributed by atoms with van der Waals surface area (Å²) in [5.74, 6) is -0.256. The van der Waals surface area contributed by atoms with Crippen molar-refractivity contribution in [2.75, 3.05) is 11.9 Å². The van der Waals surface area contributed by atoms with Crippen LogP contribution in [0.3, 0.4) is 0 Å². The van der Waals surface area contributed by atoms with Crippen molar-refractivity contribution in [2.24, 2.45) is 0 Å². The lowest BCUT2D eigenvalue weighted by Crippen LogP contribution is -2.28. The van der Waals surface area contributed by atoms with Crippen LogP contribution in [-0.4, -0.2) is 11.7 Å². The topological polar surface area (TPSA) is 24.1 Å². The average Bonchev–Trinajstić information content (AvgIpc) is 2.21. The summed E-state index contributed by atoms with van der Waals surface area (Å²) >= 11 is 5.08. The second-order valence-corrected chi connectivity index (χ2v) is 4.03. The fraction of sp³-hybridized carbons (Fsp3) is 0.250. The van der Waals surface area contributed by atoms with Gasteiger partial charge in [-0.3, -0.25) is 0 Å². The molecule has 0 aliphatic heterocycles. The van der Waals surface area contributed by atoms with Crippen molar-refractivity contribution < 1.29 is 4.39 Å². The van der Waals surface area contributed by atoms with E-state index in [2.05, 4.69) is 10.6 Å². The molecular formula is C12H15FN2S. The predicted octanol–water partition coefficient (Wildman–Crippen LogP) is 3.08. The predicted molar refractivity (Wildman–Crippen MR) is 70.1 cm³/mol. The highest BCUT2D eigenvalue weighted by atomic mass is 32.1. The molecule has 0 amide bonds. The van der Waals surface area contributed by atoms with Crippen molar-refractivity contribution in [3.8, 4) is 0 Å². The summed E-state index contributed by atoms with van der Waals surface area (Å²) in [4.78, 5) is 0. The standard InChI is InChI=1S/C12H15FN2S/c1-9(2)7-8-14-12(16)15-11-5-3-10(13)4-6-11/h3-7H,8H2,1-2H3,(H2,14,15,16). The van der Waals surface area contributed by atoms with Crippen LogP contribution in [-0.2, 0) is 0 Å².